The molecule has 0 radical (unpaired) electrons. The lowest BCUT2D eigenvalue weighted by molar-refractivity contribution is 0.287. The number of alkyl halides is 1. The van der Waals surface area contributed by atoms with Gasteiger partial charge in [-0.1, -0.05) is 31.4 Å². The minimum atomic E-state index is 0.624. The van der Waals surface area contributed by atoms with E-state index >= 15 is 0 Å². The molecule has 1 aliphatic carbocycles. The maximum absolute atomic E-state index is 5.55. The van der Waals surface area contributed by atoms with Gasteiger partial charge in [0, 0.05) is 18.5 Å². The molecule has 1 N–H and O–H groups in total. The van der Waals surface area contributed by atoms with E-state index in [-0.39, 0.29) is 0 Å². The lowest BCUT2D eigenvalue weighted by Gasteiger charge is -2.28. The van der Waals surface area contributed by atoms with E-state index in [1.54, 1.807) is 0 Å². The van der Waals surface area contributed by atoms with E-state index in [2.05, 4.69) is 18.3 Å². The van der Waals surface area contributed by atoms with Gasteiger partial charge < -0.3 is 5.32 Å². The summed E-state index contributed by atoms with van der Waals surface area (Å²) in [5.74, 6) is 1.52. The molecule has 0 unspecified atom stereocenters. The van der Waals surface area contributed by atoms with Gasteiger partial charge in [-0.15, -0.1) is 11.6 Å². The third-order valence-electron chi connectivity index (χ3n) is 3.17. The number of rotatable bonds is 5. The molecule has 0 spiro atoms. The zero-order chi connectivity index (χ0) is 10.2. The van der Waals surface area contributed by atoms with Crippen molar-refractivity contribution < 1.29 is 0 Å². The monoisotopic (exact) mass is 215 g/mol. The van der Waals surface area contributed by atoms with Gasteiger partial charge in [-0.2, -0.15) is 0 Å². The Balaban J connectivity index is 2.13. The lowest BCUT2D eigenvalue weighted by Crippen LogP contribution is -2.34. The Labute approximate surface area is 92.9 Å². The minimum Gasteiger partial charge on any atom is -0.311 e. The predicted molar refractivity (Wildman–Crippen MR) is 63.9 cm³/mol. The molecule has 1 nitrogen and oxygen atoms in total. The van der Waals surface area contributed by atoms with Crippen molar-refractivity contribution >= 4 is 11.6 Å². The number of hydrogen-bond acceptors (Lipinski definition) is 1. The first kappa shape index (κ1) is 12.1. The van der Waals surface area contributed by atoms with Crippen molar-refractivity contribution in [3.63, 3.8) is 0 Å². The molecule has 1 fully saturated rings. The molecule has 0 saturated heterocycles. The molecule has 0 aromatic rings. The van der Waals surface area contributed by atoms with E-state index in [4.69, 9.17) is 11.6 Å². The summed E-state index contributed by atoms with van der Waals surface area (Å²) in [4.78, 5) is 0. The molecular weight excluding hydrogens is 194 g/mol. The summed E-state index contributed by atoms with van der Waals surface area (Å²) >= 11 is 5.55. The van der Waals surface area contributed by atoms with Crippen LogP contribution in [0.1, 0.15) is 39.0 Å². The minimum absolute atomic E-state index is 0.624. The van der Waals surface area contributed by atoms with Crippen LogP contribution < -0.4 is 5.32 Å². The van der Waals surface area contributed by atoms with Gasteiger partial charge in [0.1, 0.15) is 0 Å². The second kappa shape index (κ2) is 7.30. The molecule has 0 aromatic carbocycles. The van der Waals surface area contributed by atoms with Gasteiger partial charge in [-0.05, 0) is 25.7 Å². The Bertz CT molecular complexity index is 162. The molecule has 0 amide bonds. The van der Waals surface area contributed by atoms with E-state index in [1.807, 2.05) is 6.08 Å². The van der Waals surface area contributed by atoms with E-state index < -0.39 is 0 Å². The fourth-order valence-corrected chi connectivity index (χ4v) is 2.33. The van der Waals surface area contributed by atoms with Gasteiger partial charge in [0.2, 0.25) is 0 Å². The average molecular weight is 216 g/mol. The van der Waals surface area contributed by atoms with Crippen molar-refractivity contribution in [3.05, 3.63) is 12.2 Å². The Morgan fingerprint density at radius 2 is 2.00 bits per heavy atom. The fourth-order valence-electron chi connectivity index (χ4n) is 2.20. The fraction of sp³-hybridized carbons (Fsp3) is 0.833. The summed E-state index contributed by atoms with van der Waals surface area (Å²) in [6.45, 7) is 3.27. The number of halogens is 1. The van der Waals surface area contributed by atoms with Crippen LogP contribution in [0.3, 0.4) is 0 Å². The highest BCUT2D eigenvalue weighted by Gasteiger charge is 2.18. The first-order valence-corrected chi connectivity index (χ1v) is 6.32. The van der Waals surface area contributed by atoms with E-state index in [9.17, 15) is 0 Å². The molecule has 0 bridgehead atoms. The predicted octanol–water partition coefficient (Wildman–Crippen LogP) is 3.34. The van der Waals surface area contributed by atoms with Gasteiger partial charge in [-0.3, -0.25) is 0 Å². The Hall–Kier alpha value is -0.0100. The maximum atomic E-state index is 5.55. The van der Waals surface area contributed by atoms with Gasteiger partial charge in [-0.25, -0.2) is 0 Å². The van der Waals surface area contributed by atoms with Crippen LogP contribution in [0.2, 0.25) is 0 Å². The molecule has 0 aliphatic heterocycles. The quantitative estimate of drug-likeness (QED) is 0.548. The number of allylic oxidation sites excluding steroid dienone is 1. The Morgan fingerprint density at radius 1 is 1.29 bits per heavy atom. The molecule has 14 heavy (non-hydrogen) atoms. The number of nitrogens with one attached hydrogen (secondary N) is 1. The molecule has 0 heterocycles. The third kappa shape index (κ3) is 4.47. The lowest BCUT2D eigenvalue weighted by atomic mass is 9.84. The van der Waals surface area contributed by atoms with Crippen molar-refractivity contribution in [3.8, 4) is 0 Å². The normalized spacial score (nSPS) is 21.6. The third-order valence-corrected chi connectivity index (χ3v) is 3.35. The summed E-state index contributed by atoms with van der Waals surface area (Å²) in [7, 11) is 0. The maximum Gasteiger partial charge on any atom is 0.0404 e. The Kier molecular flexibility index (Phi) is 6.29. The summed E-state index contributed by atoms with van der Waals surface area (Å²) in [6, 6.07) is 0.662. The molecule has 82 valence electrons. The van der Waals surface area contributed by atoms with E-state index in [1.165, 1.54) is 32.1 Å². The zero-order valence-corrected chi connectivity index (χ0v) is 9.89. The van der Waals surface area contributed by atoms with Crippen LogP contribution in [0.15, 0.2) is 12.2 Å². The van der Waals surface area contributed by atoms with Crippen LogP contribution in [0.5, 0.6) is 0 Å². The SMILES string of the molecule is C[C@H](NC/C=C/CCl)C1CCCCC1. The van der Waals surface area contributed by atoms with Crippen molar-refractivity contribution in [2.45, 2.75) is 45.1 Å². The second-order valence-corrected chi connectivity index (χ2v) is 4.53. The highest BCUT2D eigenvalue weighted by molar-refractivity contribution is 6.18. The van der Waals surface area contributed by atoms with Gasteiger partial charge in [0.15, 0.2) is 0 Å². The topological polar surface area (TPSA) is 12.0 Å². The van der Waals surface area contributed by atoms with Gasteiger partial charge in [0.25, 0.3) is 0 Å². The molecule has 0 aromatic heterocycles. The van der Waals surface area contributed by atoms with Crippen LogP contribution in [-0.2, 0) is 0 Å². The second-order valence-electron chi connectivity index (χ2n) is 4.22. The summed E-state index contributed by atoms with van der Waals surface area (Å²) < 4.78 is 0. The highest BCUT2D eigenvalue weighted by atomic mass is 35.5. The van der Waals surface area contributed by atoms with Gasteiger partial charge in [0.05, 0.1) is 0 Å². The average Bonchev–Trinajstić information content (AvgIpc) is 2.25. The largest absolute Gasteiger partial charge is 0.311 e. The molecule has 2 heteroatoms. The summed E-state index contributed by atoms with van der Waals surface area (Å²) in [6.07, 6.45) is 11.2. The van der Waals surface area contributed by atoms with Crippen LogP contribution in [0, 0.1) is 5.92 Å². The Morgan fingerprint density at radius 3 is 2.64 bits per heavy atom. The van der Waals surface area contributed by atoms with Crippen LogP contribution in [-0.4, -0.2) is 18.5 Å². The molecule has 1 rings (SSSR count). The van der Waals surface area contributed by atoms with Crippen molar-refractivity contribution in [1.82, 2.24) is 5.32 Å². The van der Waals surface area contributed by atoms with E-state index in [0.717, 1.165) is 12.5 Å². The smallest absolute Gasteiger partial charge is 0.0404 e. The summed E-state index contributed by atoms with van der Waals surface area (Å²) in [5.41, 5.74) is 0. The first-order chi connectivity index (χ1) is 6.84. The van der Waals surface area contributed by atoms with Crippen LogP contribution in [0.25, 0.3) is 0 Å². The summed E-state index contributed by atoms with van der Waals surface area (Å²) in [5, 5.41) is 3.54. The molecule has 1 aliphatic rings. The molecule has 1 atom stereocenters. The van der Waals surface area contributed by atoms with E-state index in [0.29, 0.717) is 11.9 Å². The molecule has 1 saturated carbocycles. The highest BCUT2D eigenvalue weighted by Crippen LogP contribution is 2.26. The van der Waals surface area contributed by atoms with Crippen molar-refractivity contribution in [2.24, 2.45) is 5.92 Å². The number of hydrogen-bond donors (Lipinski definition) is 1. The van der Waals surface area contributed by atoms with Crippen molar-refractivity contribution in [1.29, 1.82) is 0 Å². The van der Waals surface area contributed by atoms with Crippen LogP contribution in [0.4, 0.5) is 0 Å². The zero-order valence-electron chi connectivity index (χ0n) is 9.14. The first-order valence-electron chi connectivity index (χ1n) is 5.79. The van der Waals surface area contributed by atoms with Gasteiger partial charge >= 0.3 is 0 Å². The van der Waals surface area contributed by atoms with Crippen molar-refractivity contribution in [2.75, 3.05) is 12.4 Å². The molecular formula is C12H22ClN. The standard InChI is InChI=1S/C12H22ClN/c1-11(14-10-6-5-9-13)12-7-3-2-4-8-12/h5-6,11-12,14H,2-4,7-10H2,1H3/b6-5+/t11-/m0/s1. The van der Waals surface area contributed by atoms with Crippen LogP contribution >= 0.6 is 11.6 Å².